The van der Waals surface area contributed by atoms with Crippen LogP contribution in [0.4, 0.5) is 14.5 Å². The second-order valence-corrected chi connectivity index (χ2v) is 6.20. The van der Waals surface area contributed by atoms with Gasteiger partial charge in [0, 0.05) is 22.8 Å². The van der Waals surface area contributed by atoms with E-state index < -0.39 is 11.6 Å². The third kappa shape index (κ3) is 2.55. The van der Waals surface area contributed by atoms with Crippen LogP contribution in [0.5, 0.6) is 0 Å². The number of pyridine rings is 2. The quantitative estimate of drug-likeness (QED) is 0.566. The van der Waals surface area contributed by atoms with E-state index in [0.29, 0.717) is 16.6 Å². The number of benzene rings is 1. The molecule has 1 aliphatic carbocycles. The predicted molar refractivity (Wildman–Crippen MR) is 97.4 cm³/mol. The molecule has 3 heterocycles. The van der Waals surface area contributed by atoms with Crippen molar-refractivity contribution in [1.82, 2.24) is 15.1 Å². The molecule has 4 aromatic rings. The molecule has 5 nitrogen and oxygen atoms in total. The summed E-state index contributed by atoms with van der Waals surface area (Å²) in [6.45, 7) is 0. The maximum Gasteiger partial charge on any atom is 0.319 e. The predicted octanol–water partition coefficient (Wildman–Crippen LogP) is 4.78. The van der Waals surface area contributed by atoms with Gasteiger partial charge in [-0.2, -0.15) is 8.78 Å². The Morgan fingerprint density at radius 1 is 1.07 bits per heavy atom. The lowest BCUT2D eigenvalue weighted by Crippen LogP contribution is -2.16. The fourth-order valence-electron chi connectivity index (χ4n) is 2.98. The number of alkyl halides is 2. The summed E-state index contributed by atoms with van der Waals surface area (Å²) in [6.07, 6.45) is 8.76. The number of hydrogen-bond acceptors (Lipinski definition) is 5. The first kappa shape index (κ1) is 15.6. The van der Waals surface area contributed by atoms with Gasteiger partial charge in [-0.25, -0.2) is 4.98 Å². The van der Waals surface area contributed by atoms with Gasteiger partial charge >= 0.3 is 5.92 Å². The van der Waals surface area contributed by atoms with Gasteiger partial charge in [-0.05, 0) is 36.4 Å². The maximum atomic E-state index is 15.2. The molecule has 7 heteroatoms. The molecular formula is C20H12F2N4O. The lowest BCUT2D eigenvalue weighted by atomic mass is 10.0. The van der Waals surface area contributed by atoms with Crippen molar-refractivity contribution >= 4 is 27.7 Å². The van der Waals surface area contributed by atoms with Crippen molar-refractivity contribution in [3.63, 3.8) is 0 Å². The van der Waals surface area contributed by atoms with Crippen LogP contribution in [0.3, 0.4) is 0 Å². The molecular weight excluding hydrogens is 350 g/mol. The van der Waals surface area contributed by atoms with E-state index in [1.165, 1.54) is 18.3 Å². The third-order valence-corrected chi connectivity index (χ3v) is 4.43. The summed E-state index contributed by atoms with van der Waals surface area (Å²) in [5.74, 6) is -3.34. The summed E-state index contributed by atoms with van der Waals surface area (Å²) in [5, 5.41) is 7.51. The third-order valence-electron chi connectivity index (χ3n) is 4.43. The summed E-state index contributed by atoms with van der Waals surface area (Å²) in [7, 11) is 0. The second kappa shape index (κ2) is 5.70. The average Bonchev–Trinajstić information content (AvgIpc) is 3.08. The van der Waals surface area contributed by atoms with Crippen molar-refractivity contribution in [1.29, 1.82) is 0 Å². The van der Waals surface area contributed by atoms with E-state index >= 15 is 8.78 Å². The Kier molecular flexibility index (Phi) is 3.30. The highest BCUT2D eigenvalue weighted by atomic mass is 19.3. The molecule has 0 saturated heterocycles. The summed E-state index contributed by atoms with van der Waals surface area (Å²) >= 11 is 0. The number of halogens is 2. The Labute approximate surface area is 152 Å². The van der Waals surface area contributed by atoms with Gasteiger partial charge in [0.25, 0.3) is 5.71 Å². The van der Waals surface area contributed by atoms with Gasteiger partial charge in [0.15, 0.2) is 5.69 Å². The van der Waals surface area contributed by atoms with Crippen LogP contribution in [0.15, 0.2) is 77.2 Å². The summed E-state index contributed by atoms with van der Waals surface area (Å²) in [5.41, 5.74) is 1.54. The molecule has 1 N–H and O–H groups in total. The van der Waals surface area contributed by atoms with E-state index in [1.807, 2.05) is 18.2 Å². The van der Waals surface area contributed by atoms with E-state index in [0.717, 1.165) is 5.70 Å². The number of aromatic nitrogens is 3. The summed E-state index contributed by atoms with van der Waals surface area (Å²) < 4.78 is 35.5. The minimum atomic E-state index is -3.34. The highest BCUT2D eigenvalue weighted by molar-refractivity contribution is 5.83. The zero-order chi connectivity index (χ0) is 18.4. The lowest BCUT2D eigenvalue weighted by molar-refractivity contribution is 0.0362. The van der Waals surface area contributed by atoms with E-state index in [2.05, 4.69) is 20.4 Å². The van der Waals surface area contributed by atoms with Crippen LogP contribution in [-0.4, -0.2) is 15.1 Å². The molecule has 3 aromatic heterocycles. The Bertz CT molecular complexity index is 1240. The Morgan fingerprint density at radius 3 is 2.78 bits per heavy atom. The molecule has 1 aromatic carbocycles. The topological polar surface area (TPSA) is 63.8 Å². The van der Waals surface area contributed by atoms with Crippen molar-refractivity contribution in [2.24, 2.45) is 0 Å². The van der Waals surface area contributed by atoms with Crippen molar-refractivity contribution in [3.05, 3.63) is 84.0 Å². The molecule has 0 spiro atoms. The molecule has 0 aliphatic heterocycles. The van der Waals surface area contributed by atoms with Crippen LogP contribution >= 0.6 is 0 Å². The number of fused-ring (bicyclic) bond motifs is 2. The molecule has 0 unspecified atom stereocenters. The minimum absolute atomic E-state index is 0.0656. The van der Waals surface area contributed by atoms with Crippen molar-refractivity contribution in [2.45, 2.75) is 5.92 Å². The van der Waals surface area contributed by atoms with Gasteiger partial charge in [0.2, 0.25) is 0 Å². The van der Waals surface area contributed by atoms with E-state index in [4.69, 9.17) is 4.52 Å². The zero-order valence-electron chi connectivity index (χ0n) is 13.9. The first-order valence-electron chi connectivity index (χ1n) is 8.26. The molecule has 0 bridgehead atoms. The number of allylic oxidation sites excluding steroid dienone is 3. The van der Waals surface area contributed by atoms with Gasteiger partial charge in [-0.3, -0.25) is 4.98 Å². The SMILES string of the molecule is FC(F)(c1ccc2ncccc2c1)c1noc2ncc(NC3=CC=C3)cc12. The second-order valence-electron chi connectivity index (χ2n) is 6.20. The fraction of sp³-hybridized carbons (Fsp3) is 0.0500. The van der Waals surface area contributed by atoms with Crippen LogP contribution in [0, 0.1) is 0 Å². The highest BCUT2D eigenvalue weighted by Gasteiger charge is 2.40. The Balaban J connectivity index is 1.60. The van der Waals surface area contributed by atoms with Crippen LogP contribution in [0.2, 0.25) is 0 Å². The van der Waals surface area contributed by atoms with Crippen LogP contribution in [-0.2, 0) is 5.92 Å². The molecule has 132 valence electrons. The molecule has 0 amide bonds. The first-order chi connectivity index (χ1) is 13.1. The molecule has 0 saturated carbocycles. The van der Waals surface area contributed by atoms with Crippen molar-refractivity contribution < 1.29 is 13.3 Å². The van der Waals surface area contributed by atoms with Crippen molar-refractivity contribution in [3.8, 4) is 0 Å². The monoisotopic (exact) mass is 362 g/mol. The van der Waals surface area contributed by atoms with Crippen molar-refractivity contribution in [2.75, 3.05) is 5.32 Å². The Morgan fingerprint density at radius 2 is 1.96 bits per heavy atom. The Hall–Kier alpha value is -3.61. The first-order valence-corrected chi connectivity index (χ1v) is 8.26. The van der Waals surface area contributed by atoms with Gasteiger partial charge in [0.1, 0.15) is 0 Å². The van der Waals surface area contributed by atoms with Gasteiger partial charge in [-0.1, -0.05) is 23.4 Å². The molecule has 0 fully saturated rings. The van der Waals surface area contributed by atoms with E-state index in [-0.39, 0.29) is 16.7 Å². The fourth-order valence-corrected chi connectivity index (χ4v) is 2.98. The van der Waals surface area contributed by atoms with Crippen LogP contribution < -0.4 is 5.32 Å². The molecule has 0 radical (unpaired) electrons. The van der Waals surface area contributed by atoms with E-state index in [1.54, 1.807) is 30.5 Å². The zero-order valence-corrected chi connectivity index (χ0v) is 13.9. The number of hydrogen-bond donors (Lipinski definition) is 1. The molecule has 5 rings (SSSR count). The van der Waals surface area contributed by atoms with E-state index in [9.17, 15) is 0 Å². The number of rotatable bonds is 4. The van der Waals surface area contributed by atoms with Gasteiger partial charge in [-0.15, -0.1) is 0 Å². The van der Waals surface area contributed by atoms with Crippen LogP contribution in [0.25, 0.3) is 22.0 Å². The number of nitrogens with one attached hydrogen (secondary N) is 1. The van der Waals surface area contributed by atoms with Gasteiger partial charge < -0.3 is 9.84 Å². The normalized spacial score (nSPS) is 13.6. The molecule has 0 atom stereocenters. The van der Waals surface area contributed by atoms with Gasteiger partial charge in [0.05, 0.1) is 22.8 Å². The minimum Gasteiger partial charge on any atom is -0.354 e. The molecule has 27 heavy (non-hydrogen) atoms. The lowest BCUT2D eigenvalue weighted by Gasteiger charge is -2.15. The number of anilines is 1. The average molecular weight is 362 g/mol. The highest BCUT2D eigenvalue weighted by Crippen LogP contribution is 2.39. The molecule has 1 aliphatic rings. The number of nitrogens with zero attached hydrogens (tertiary/aromatic N) is 3. The standard InChI is InChI=1S/C20H12F2N4O/c21-20(22,13-6-7-17-12(9-13)3-2-8-23-17)18-16-10-15(25-14-4-1-5-14)11-24-19(16)27-26-18/h1-11,25H. The summed E-state index contributed by atoms with van der Waals surface area (Å²) in [4.78, 5) is 8.25. The maximum absolute atomic E-state index is 15.2. The smallest absolute Gasteiger partial charge is 0.319 e. The summed E-state index contributed by atoms with van der Waals surface area (Å²) in [6, 6.07) is 9.37. The largest absolute Gasteiger partial charge is 0.354 e. The van der Waals surface area contributed by atoms with Crippen LogP contribution in [0.1, 0.15) is 11.3 Å².